The van der Waals surface area contributed by atoms with Crippen LogP contribution in [-0.2, 0) is 11.3 Å². The average Bonchev–Trinajstić information content (AvgIpc) is 2.83. The van der Waals surface area contributed by atoms with Crippen LogP contribution in [0, 0.1) is 0 Å². The van der Waals surface area contributed by atoms with Gasteiger partial charge >= 0.3 is 0 Å². The third kappa shape index (κ3) is 3.03. The van der Waals surface area contributed by atoms with Crippen LogP contribution in [0.25, 0.3) is 5.69 Å². The van der Waals surface area contributed by atoms with Gasteiger partial charge in [0.1, 0.15) is 5.69 Å². The van der Waals surface area contributed by atoms with E-state index in [1.165, 1.54) is 0 Å². The van der Waals surface area contributed by atoms with Crippen molar-refractivity contribution in [2.75, 3.05) is 7.11 Å². The maximum absolute atomic E-state index is 12.1. The fraction of sp³-hybridized carbons (Fsp3) is 0.357. The molecule has 0 unspecified atom stereocenters. The van der Waals surface area contributed by atoms with Crippen molar-refractivity contribution in [3.05, 3.63) is 41.7 Å². The molecule has 0 saturated heterocycles. The van der Waals surface area contributed by atoms with Crippen molar-refractivity contribution < 1.29 is 9.53 Å². The molecular weight excluding hydrogens is 256 g/mol. The highest BCUT2D eigenvalue weighted by molar-refractivity contribution is 5.93. The molecule has 0 spiro atoms. The van der Waals surface area contributed by atoms with Gasteiger partial charge in [0.15, 0.2) is 5.69 Å². The Hall–Kier alpha value is -2.21. The van der Waals surface area contributed by atoms with E-state index in [-0.39, 0.29) is 18.6 Å². The first-order valence-electron chi connectivity index (χ1n) is 6.43. The van der Waals surface area contributed by atoms with Gasteiger partial charge in [-0.05, 0) is 26.0 Å². The molecule has 6 nitrogen and oxygen atoms in total. The van der Waals surface area contributed by atoms with E-state index in [0.717, 1.165) is 5.69 Å². The topological polar surface area (TPSA) is 69.0 Å². The number of hydrogen-bond acceptors (Lipinski definition) is 4. The monoisotopic (exact) mass is 274 g/mol. The normalized spacial score (nSPS) is 10.8. The summed E-state index contributed by atoms with van der Waals surface area (Å²) in [7, 11) is 1.58. The molecule has 1 heterocycles. The van der Waals surface area contributed by atoms with Crippen LogP contribution in [0.4, 0.5) is 0 Å². The summed E-state index contributed by atoms with van der Waals surface area (Å²) >= 11 is 0. The van der Waals surface area contributed by atoms with Gasteiger partial charge in [0.2, 0.25) is 0 Å². The number of amides is 1. The summed E-state index contributed by atoms with van der Waals surface area (Å²) in [5.74, 6) is -0.241. The molecule has 20 heavy (non-hydrogen) atoms. The van der Waals surface area contributed by atoms with Crippen LogP contribution in [0.5, 0.6) is 0 Å². The minimum Gasteiger partial charge on any atom is -0.378 e. The van der Waals surface area contributed by atoms with Crippen LogP contribution in [0.3, 0.4) is 0 Å². The third-order valence-corrected chi connectivity index (χ3v) is 2.68. The first kappa shape index (κ1) is 14.2. The van der Waals surface area contributed by atoms with Gasteiger partial charge in [0.05, 0.1) is 12.3 Å². The number of carbonyl (C=O) groups excluding carboxylic acids is 1. The molecule has 0 bridgehead atoms. The third-order valence-electron chi connectivity index (χ3n) is 2.68. The number of nitrogens with zero attached hydrogens (tertiary/aromatic N) is 3. The van der Waals surface area contributed by atoms with Crippen molar-refractivity contribution in [1.29, 1.82) is 0 Å². The number of hydrogen-bond donors (Lipinski definition) is 1. The van der Waals surface area contributed by atoms with E-state index in [0.29, 0.717) is 11.4 Å². The van der Waals surface area contributed by atoms with Crippen molar-refractivity contribution in [3.63, 3.8) is 0 Å². The van der Waals surface area contributed by atoms with E-state index in [1.807, 2.05) is 44.2 Å². The Morgan fingerprint density at radius 2 is 2.05 bits per heavy atom. The molecule has 1 aromatic carbocycles. The lowest BCUT2D eigenvalue weighted by atomic mass is 10.2. The number of rotatable bonds is 5. The number of para-hydroxylation sites is 1. The van der Waals surface area contributed by atoms with Crippen LogP contribution in [0.2, 0.25) is 0 Å². The Morgan fingerprint density at radius 1 is 1.35 bits per heavy atom. The lowest BCUT2D eigenvalue weighted by Gasteiger charge is -2.09. The van der Waals surface area contributed by atoms with Crippen molar-refractivity contribution >= 4 is 5.91 Å². The Bertz CT molecular complexity index is 578. The molecule has 1 amide bonds. The van der Waals surface area contributed by atoms with Gasteiger partial charge in [0.25, 0.3) is 5.91 Å². The van der Waals surface area contributed by atoms with Crippen molar-refractivity contribution in [3.8, 4) is 5.69 Å². The zero-order valence-electron chi connectivity index (χ0n) is 11.8. The van der Waals surface area contributed by atoms with E-state index in [9.17, 15) is 4.79 Å². The molecular formula is C14H18N4O2. The summed E-state index contributed by atoms with van der Waals surface area (Å²) in [4.78, 5) is 12.1. The second-order valence-electron chi connectivity index (χ2n) is 4.69. The van der Waals surface area contributed by atoms with Crippen molar-refractivity contribution in [2.45, 2.75) is 26.5 Å². The molecule has 1 aromatic heterocycles. The molecule has 2 aromatic rings. The molecule has 0 radical (unpaired) electrons. The molecule has 0 aliphatic rings. The van der Waals surface area contributed by atoms with E-state index >= 15 is 0 Å². The summed E-state index contributed by atoms with van der Waals surface area (Å²) in [6.45, 7) is 4.06. The number of ether oxygens (including phenoxy) is 1. The molecule has 1 N–H and O–H groups in total. The number of nitrogens with one attached hydrogen (secondary N) is 1. The highest BCUT2D eigenvalue weighted by Crippen LogP contribution is 2.14. The number of aromatic nitrogens is 3. The molecule has 0 atom stereocenters. The quantitative estimate of drug-likeness (QED) is 0.898. The van der Waals surface area contributed by atoms with Gasteiger partial charge in [-0.2, -0.15) is 0 Å². The smallest absolute Gasteiger partial charge is 0.274 e. The first-order valence-corrected chi connectivity index (χ1v) is 6.43. The summed E-state index contributed by atoms with van der Waals surface area (Å²) in [6, 6.07) is 9.57. The number of methoxy groups -OCH3 is 1. The maximum atomic E-state index is 12.1. The largest absolute Gasteiger partial charge is 0.378 e. The molecule has 0 aliphatic carbocycles. The maximum Gasteiger partial charge on any atom is 0.274 e. The molecule has 0 saturated carbocycles. The zero-order chi connectivity index (χ0) is 14.5. The summed E-state index contributed by atoms with van der Waals surface area (Å²) in [5.41, 5.74) is 1.77. The van der Waals surface area contributed by atoms with Gasteiger partial charge in [-0.25, -0.2) is 4.68 Å². The van der Waals surface area contributed by atoms with Gasteiger partial charge < -0.3 is 10.1 Å². The number of benzene rings is 1. The van der Waals surface area contributed by atoms with E-state index in [1.54, 1.807) is 11.8 Å². The second kappa shape index (κ2) is 6.29. The second-order valence-corrected chi connectivity index (χ2v) is 4.69. The fourth-order valence-corrected chi connectivity index (χ4v) is 1.85. The minimum absolute atomic E-state index is 0.0415. The predicted octanol–water partition coefficient (Wildman–Crippen LogP) is 1.55. The van der Waals surface area contributed by atoms with E-state index in [2.05, 4.69) is 15.6 Å². The lowest BCUT2D eigenvalue weighted by Crippen LogP contribution is -2.31. The molecule has 106 valence electrons. The summed E-state index contributed by atoms with van der Waals surface area (Å²) in [5, 5.41) is 10.9. The van der Waals surface area contributed by atoms with E-state index < -0.39 is 0 Å². The first-order chi connectivity index (χ1) is 9.63. The Kier molecular flexibility index (Phi) is 4.47. The summed E-state index contributed by atoms with van der Waals surface area (Å²) < 4.78 is 6.79. The Labute approximate surface area is 117 Å². The average molecular weight is 274 g/mol. The molecule has 6 heteroatoms. The Morgan fingerprint density at radius 3 is 2.65 bits per heavy atom. The van der Waals surface area contributed by atoms with Crippen molar-refractivity contribution in [1.82, 2.24) is 20.3 Å². The Balaban J connectivity index is 2.40. The zero-order valence-corrected chi connectivity index (χ0v) is 11.8. The van der Waals surface area contributed by atoms with Crippen LogP contribution in [0.1, 0.15) is 30.0 Å². The van der Waals surface area contributed by atoms with Crippen molar-refractivity contribution in [2.24, 2.45) is 0 Å². The van der Waals surface area contributed by atoms with Gasteiger partial charge in [-0.3, -0.25) is 4.79 Å². The molecule has 2 rings (SSSR count). The van der Waals surface area contributed by atoms with Crippen LogP contribution < -0.4 is 5.32 Å². The summed E-state index contributed by atoms with van der Waals surface area (Å²) in [6.07, 6.45) is 0. The van der Waals surface area contributed by atoms with Gasteiger partial charge in [0, 0.05) is 13.2 Å². The van der Waals surface area contributed by atoms with Crippen LogP contribution in [-0.4, -0.2) is 34.1 Å². The predicted molar refractivity (Wildman–Crippen MR) is 74.7 cm³/mol. The molecule has 0 aliphatic heterocycles. The van der Waals surface area contributed by atoms with Gasteiger partial charge in [-0.1, -0.05) is 23.4 Å². The lowest BCUT2D eigenvalue weighted by molar-refractivity contribution is 0.0932. The SMILES string of the molecule is COCc1c(C(=O)NC(C)C)nnn1-c1ccccc1. The fourth-order valence-electron chi connectivity index (χ4n) is 1.85. The highest BCUT2D eigenvalue weighted by Gasteiger charge is 2.20. The minimum atomic E-state index is -0.241. The van der Waals surface area contributed by atoms with Gasteiger partial charge in [-0.15, -0.1) is 5.10 Å². The van der Waals surface area contributed by atoms with E-state index in [4.69, 9.17) is 4.74 Å². The molecule has 0 fully saturated rings. The standard InChI is InChI=1S/C14H18N4O2/c1-10(2)15-14(19)13-12(9-20-3)18(17-16-13)11-7-5-4-6-8-11/h4-8,10H,9H2,1-3H3,(H,15,19). The van der Waals surface area contributed by atoms with Crippen LogP contribution in [0.15, 0.2) is 30.3 Å². The van der Waals surface area contributed by atoms with Crippen LogP contribution >= 0.6 is 0 Å². The number of carbonyl (C=O) groups is 1. The highest BCUT2D eigenvalue weighted by atomic mass is 16.5.